The molecule has 0 rings (SSSR count). The molecule has 0 heterocycles. The SMILES string of the molecule is CN=C(N)NOC(=O)C(Cl)(Cl)Cl. The van der Waals surface area contributed by atoms with Gasteiger partial charge in [-0.3, -0.25) is 4.99 Å². The van der Waals surface area contributed by atoms with Gasteiger partial charge in [-0.05, 0) is 0 Å². The molecule has 0 aromatic carbocycles. The molecule has 0 aliphatic rings. The molecule has 5 nitrogen and oxygen atoms in total. The number of rotatable bonds is 0. The quantitative estimate of drug-likeness (QED) is 0.274. The van der Waals surface area contributed by atoms with Crippen molar-refractivity contribution in [1.82, 2.24) is 5.48 Å². The second-order valence-corrected chi connectivity index (χ2v) is 3.88. The van der Waals surface area contributed by atoms with E-state index in [1.54, 1.807) is 0 Å². The van der Waals surface area contributed by atoms with E-state index >= 15 is 0 Å². The van der Waals surface area contributed by atoms with Crippen molar-refractivity contribution in [3.8, 4) is 0 Å². The van der Waals surface area contributed by atoms with Crippen LogP contribution in [0, 0.1) is 0 Å². The Hall–Kier alpha value is -0.390. The van der Waals surface area contributed by atoms with Crippen molar-refractivity contribution in [2.75, 3.05) is 7.05 Å². The van der Waals surface area contributed by atoms with Crippen LogP contribution in [-0.2, 0) is 9.63 Å². The molecule has 12 heavy (non-hydrogen) atoms. The number of nitrogens with one attached hydrogen (secondary N) is 1. The van der Waals surface area contributed by atoms with Gasteiger partial charge in [0.25, 0.3) is 3.79 Å². The molecule has 8 heteroatoms. The average molecular weight is 234 g/mol. The first-order valence-corrected chi connectivity index (χ1v) is 3.77. The van der Waals surface area contributed by atoms with Crippen molar-refractivity contribution in [1.29, 1.82) is 0 Å². The predicted molar refractivity (Wildman–Crippen MR) is 47.1 cm³/mol. The standard InChI is InChI=1S/C4H6Cl3N3O2/c1-9-3(8)10-12-2(11)4(5,6)7/h1H3,(H3,8,9,10). The van der Waals surface area contributed by atoms with Crippen molar-refractivity contribution < 1.29 is 9.63 Å². The van der Waals surface area contributed by atoms with E-state index in [2.05, 4.69) is 9.83 Å². The fourth-order valence-electron chi connectivity index (χ4n) is 0.202. The van der Waals surface area contributed by atoms with Crippen LogP contribution in [-0.4, -0.2) is 22.8 Å². The molecule has 0 atom stereocenters. The first kappa shape index (κ1) is 11.6. The molecular weight excluding hydrogens is 228 g/mol. The van der Waals surface area contributed by atoms with E-state index in [1.807, 2.05) is 5.48 Å². The molecule has 0 aliphatic heterocycles. The van der Waals surface area contributed by atoms with E-state index in [0.717, 1.165) is 0 Å². The summed E-state index contributed by atoms with van der Waals surface area (Å²) < 4.78 is -2.12. The Labute approximate surface area is 83.8 Å². The van der Waals surface area contributed by atoms with Gasteiger partial charge in [0, 0.05) is 7.05 Å². The second-order valence-electron chi connectivity index (χ2n) is 1.60. The van der Waals surface area contributed by atoms with Crippen LogP contribution in [0.2, 0.25) is 0 Å². The highest BCUT2D eigenvalue weighted by Crippen LogP contribution is 2.26. The number of nitrogens with two attached hydrogens (primary N) is 1. The maximum atomic E-state index is 10.7. The van der Waals surface area contributed by atoms with Crippen molar-refractivity contribution in [2.24, 2.45) is 10.7 Å². The van der Waals surface area contributed by atoms with Gasteiger partial charge in [-0.2, -0.15) is 5.48 Å². The molecule has 0 aliphatic carbocycles. The molecule has 0 aromatic rings. The van der Waals surface area contributed by atoms with E-state index in [4.69, 9.17) is 40.5 Å². The van der Waals surface area contributed by atoms with Crippen LogP contribution >= 0.6 is 34.8 Å². The molecule has 0 saturated heterocycles. The van der Waals surface area contributed by atoms with Crippen LogP contribution in [0.1, 0.15) is 0 Å². The number of nitrogens with zero attached hydrogens (tertiary/aromatic N) is 1. The summed E-state index contributed by atoms with van der Waals surface area (Å²) in [4.78, 5) is 18.3. The van der Waals surface area contributed by atoms with Crippen molar-refractivity contribution in [2.45, 2.75) is 3.79 Å². The van der Waals surface area contributed by atoms with Crippen LogP contribution in [0.4, 0.5) is 0 Å². The van der Waals surface area contributed by atoms with Gasteiger partial charge in [-0.1, -0.05) is 34.8 Å². The highest BCUT2D eigenvalue weighted by Gasteiger charge is 2.33. The van der Waals surface area contributed by atoms with Crippen molar-refractivity contribution >= 4 is 46.7 Å². The summed E-state index contributed by atoms with van der Waals surface area (Å²) >= 11 is 15.4. The number of alkyl halides is 3. The lowest BCUT2D eigenvalue weighted by Gasteiger charge is -2.09. The monoisotopic (exact) mass is 233 g/mol. The number of hydroxylamine groups is 1. The normalized spacial score (nSPS) is 12.5. The summed E-state index contributed by atoms with van der Waals surface area (Å²) in [5.41, 5.74) is 7.06. The minimum atomic E-state index is -2.12. The zero-order chi connectivity index (χ0) is 9.78. The highest BCUT2D eigenvalue weighted by molar-refractivity contribution is 6.75. The number of carbonyl (C=O) groups is 1. The minimum Gasteiger partial charge on any atom is -0.368 e. The topological polar surface area (TPSA) is 76.7 Å². The lowest BCUT2D eigenvalue weighted by Crippen LogP contribution is -2.37. The third-order valence-corrected chi connectivity index (χ3v) is 1.18. The molecule has 0 unspecified atom stereocenters. The van der Waals surface area contributed by atoms with Crippen LogP contribution in [0.25, 0.3) is 0 Å². The number of aliphatic imine (C=N–C) groups is 1. The van der Waals surface area contributed by atoms with E-state index in [9.17, 15) is 4.79 Å². The van der Waals surface area contributed by atoms with E-state index in [0.29, 0.717) is 0 Å². The molecule has 0 radical (unpaired) electrons. The number of hydrogen-bond acceptors (Lipinski definition) is 3. The molecule has 0 amide bonds. The zero-order valence-corrected chi connectivity index (χ0v) is 8.24. The van der Waals surface area contributed by atoms with Gasteiger partial charge in [0.1, 0.15) is 0 Å². The molecule has 0 spiro atoms. The van der Waals surface area contributed by atoms with Crippen LogP contribution in [0.5, 0.6) is 0 Å². The van der Waals surface area contributed by atoms with Crippen LogP contribution in [0.3, 0.4) is 0 Å². The van der Waals surface area contributed by atoms with E-state index < -0.39 is 9.76 Å². The van der Waals surface area contributed by atoms with E-state index in [-0.39, 0.29) is 5.96 Å². The Morgan fingerprint density at radius 2 is 2.08 bits per heavy atom. The molecule has 70 valence electrons. The van der Waals surface area contributed by atoms with Gasteiger partial charge in [0.2, 0.25) is 5.96 Å². The Morgan fingerprint density at radius 3 is 2.42 bits per heavy atom. The van der Waals surface area contributed by atoms with Gasteiger partial charge < -0.3 is 10.6 Å². The smallest absolute Gasteiger partial charge is 0.368 e. The number of hydrogen-bond donors (Lipinski definition) is 2. The summed E-state index contributed by atoms with van der Waals surface area (Å²) in [6, 6.07) is 0. The first-order valence-electron chi connectivity index (χ1n) is 2.64. The van der Waals surface area contributed by atoms with Gasteiger partial charge in [-0.25, -0.2) is 4.79 Å². The average Bonchev–Trinajstić information content (AvgIpc) is 1.97. The number of carbonyl (C=O) groups excluding carboxylic acids is 1. The summed E-state index contributed by atoms with van der Waals surface area (Å²) in [5.74, 6) is -1.18. The summed E-state index contributed by atoms with van der Waals surface area (Å²) in [6.07, 6.45) is 0. The van der Waals surface area contributed by atoms with Crippen LogP contribution in [0.15, 0.2) is 4.99 Å². The van der Waals surface area contributed by atoms with Gasteiger partial charge >= 0.3 is 5.97 Å². The number of halogens is 3. The van der Waals surface area contributed by atoms with E-state index in [1.165, 1.54) is 7.05 Å². The van der Waals surface area contributed by atoms with Gasteiger partial charge in [0.15, 0.2) is 0 Å². The largest absolute Gasteiger partial charge is 0.383 e. The maximum absolute atomic E-state index is 10.7. The fraction of sp³-hybridized carbons (Fsp3) is 0.500. The lowest BCUT2D eigenvalue weighted by atomic mass is 10.8. The molecule has 3 N–H and O–H groups in total. The zero-order valence-electron chi connectivity index (χ0n) is 5.97. The lowest BCUT2D eigenvalue weighted by molar-refractivity contribution is -0.146. The highest BCUT2D eigenvalue weighted by atomic mass is 35.6. The first-order chi connectivity index (χ1) is 5.38. The fourth-order valence-corrected chi connectivity index (χ4v) is 0.318. The molecule has 0 aromatic heterocycles. The molecular formula is C4H6Cl3N3O2. The van der Waals surface area contributed by atoms with Crippen molar-refractivity contribution in [3.05, 3.63) is 0 Å². The molecule has 0 bridgehead atoms. The molecule has 0 saturated carbocycles. The Balaban J connectivity index is 3.89. The van der Waals surface area contributed by atoms with Crippen LogP contribution < -0.4 is 11.2 Å². The number of guanidine groups is 1. The third-order valence-electron chi connectivity index (χ3n) is 0.721. The summed E-state index contributed by atoms with van der Waals surface area (Å²) in [7, 11) is 1.39. The van der Waals surface area contributed by atoms with Gasteiger partial charge in [-0.15, -0.1) is 0 Å². The maximum Gasteiger partial charge on any atom is 0.383 e. The Morgan fingerprint density at radius 1 is 1.58 bits per heavy atom. The third kappa shape index (κ3) is 4.48. The Bertz CT molecular complexity index is 200. The molecule has 0 fully saturated rings. The summed E-state index contributed by atoms with van der Waals surface area (Å²) in [5, 5.41) is 0. The predicted octanol–water partition coefficient (Wildman–Crippen LogP) is 0.349. The van der Waals surface area contributed by atoms with Gasteiger partial charge in [0.05, 0.1) is 0 Å². The minimum absolute atomic E-state index is 0.0994. The Kier molecular flexibility index (Phi) is 4.44. The second kappa shape index (κ2) is 4.59. The van der Waals surface area contributed by atoms with Crippen molar-refractivity contribution in [3.63, 3.8) is 0 Å². The summed E-state index contributed by atoms with van der Waals surface area (Å²) in [6.45, 7) is 0.